The topological polar surface area (TPSA) is 83.9 Å². The first kappa shape index (κ1) is 14.9. The molecule has 2 heterocycles. The van der Waals surface area contributed by atoms with Crippen LogP contribution in [0.15, 0.2) is 45.5 Å². The Labute approximate surface area is 130 Å². The number of ether oxygens (including phenoxy) is 1. The lowest BCUT2D eigenvalue weighted by Gasteiger charge is -2.03. The smallest absolute Gasteiger partial charge is 0.259 e. The number of aromatic nitrogens is 2. The molecule has 0 radical (unpaired) electrons. The van der Waals surface area contributed by atoms with Gasteiger partial charge < -0.3 is 20.4 Å². The molecule has 0 fully saturated rings. The average molecular weight is 317 g/mol. The summed E-state index contributed by atoms with van der Waals surface area (Å²) in [5, 5.41) is 4.90. The van der Waals surface area contributed by atoms with Gasteiger partial charge in [-0.1, -0.05) is 16.6 Å². The predicted molar refractivity (Wildman–Crippen MR) is 91.8 cm³/mol. The van der Waals surface area contributed by atoms with E-state index in [1.807, 2.05) is 12.1 Å². The van der Waals surface area contributed by atoms with Crippen LogP contribution in [0.4, 0.5) is 0 Å². The van der Waals surface area contributed by atoms with Crippen molar-refractivity contribution in [1.82, 2.24) is 9.97 Å². The molecule has 0 saturated heterocycles. The van der Waals surface area contributed by atoms with Crippen LogP contribution in [0.2, 0.25) is 0 Å². The zero-order valence-electron chi connectivity index (χ0n) is 12.4. The van der Waals surface area contributed by atoms with E-state index < -0.39 is 0 Å². The lowest BCUT2D eigenvalue weighted by atomic mass is 10.2. The van der Waals surface area contributed by atoms with Crippen LogP contribution in [0.1, 0.15) is 12.8 Å². The molecule has 0 spiro atoms. The van der Waals surface area contributed by atoms with Crippen molar-refractivity contribution in [2.24, 2.45) is 5.73 Å². The number of hydrogen-bond acceptors (Lipinski definition) is 3. The van der Waals surface area contributed by atoms with E-state index in [1.165, 1.54) is 5.57 Å². The summed E-state index contributed by atoms with van der Waals surface area (Å²) in [6.07, 6.45) is 4.07. The summed E-state index contributed by atoms with van der Waals surface area (Å²) in [4.78, 5) is 18.6. The zero-order valence-corrected chi connectivity index (χ0v) is 13.2. The number of nitrogens with one attached hydrogen (secondary N) is 2. The number of fused-ring (bicyclic) bond motifs is 1. The summed E-state index contributed by atoms with van der Waals surface area (Å²) in [5.74, 6) is 0.673. The van der Waals surface area contributed by atoms with Gasteiger partial charge in [-0.25, -0.2) is 0 Å². The molecule has 1 aromatic heterocycles. The monoisotopic (exact) mass is 317 g/mol. The van der Waals surface area contributed by atoms with Crippen molar-refractivity contribution in [2.75, 3.05) is 13.7 Å². The van der Waals surface area contributed by atoms with Gasteiger partial charge in [-0.3, -0.25) is 4.79 Å². The molecule has 3 rings (SSSR count). The lowest BCUT2D eigenvalue weighted by molar-refractivity contribution is 0.415. The SMILES string of the molecule is COc1ccc2[nH]c(=S3C=CC(CCCN)=C3)[nH]c(=O)c2c1. The minimum atomic E-state index is -0.223. The molecule has 6 heteroatoms. The van der Waals surface area contributed by atoms with Gasteiger partial charge in [0.25, 0.3) is 5.56 Å². The molecule has 1 atom stereocenters. The van der Waals surface area contributed by atoms with Gasteiger partial charge in [0.2, 0.25) is 0 Å². The maximum atomic E-state index is 12.3. The van der Waals surface area contributed by atoms with Crippen molar-refractivity contribution in [3.63, 3.8) is 0 Å². The highest BCUT2D eigenvalue weighted by Gasteiger charge is 2.05. The van der Waals surface area contributed by atoms with Crippen LogP contribution < -0.4 is 16.0 Å². The van der Waals surface area contributed by atoms with Gasteiger partial charge in [-0.15, -0.1) is 0 Å². The van der Waals surface area contributed by atoms with Gasteiger partial charge in [0.05, 0.1) is 18.0 Å². The van der Waals surface area contributed by atoms with Crippen LogP contribution in [0.5, 0.6) is 5.75 Å². The fourth-order valence-corrected chi connectivity index (χ4v) is 3.98. The molecule has 0 bridgehead atoms. The van der Waals surface area contributed by atoms with Crippen molar-refractivity contribution in [1.29, 1.82) is 0 Å². The fraction of sp³-hybridized carbons (Fsp3) is 0.250. The number of rotatable bonds is 4. The van der Waals surface area contributed by atoms with Crippen LogP contribution >= 0.6 is 10.5 Å². The van der Waals surface area contributed by atoms with E-state index in [2.05, 4.69) is 26.9 Å². The molecule has 1 unspecified atom stereocenters. The normalized spacial score (nSPS) is 17.8. The van der Waals surface area contributed by atoms with Crippen LogP contribution in [-0.2, 0) is 0 Å². The fourth-order valence-electron chi connectivity index (χ4n) is 2.37. The molecular weight excluding hydrogens is 298 g/mol. The second kappa shape index (κ2) is 6.37. The van der Waals surface area contributed by atoms with Gasteiger partial charge in [0.1, 0.15) is 10.5 Å². The minimum Gasteiger partial charge on any atom is -0.497 e. The molecular formula is C16H19N3O2S. The van der Waals surface area contributed by atoms with E-state index in [0.29, 0.717) is 17.7 Å². The van der Waals surface area contributed by atoms with Crippen molar-refractivity contribution in [3.8, 4) is 5.75 Å². The molecule has 4 N–H and O–H groups in total. The van der Waals surface area contributed by atoms with Crippen LogP contribution in [-0.4, -0.2) is 23.6 Å². The molecule has 1 aliphatic rings. The number of hydrogen-bond donors (Lipinski definition) is 3. The highest BCUT2D eigenvalue weighted by atomic mass is 32.2. The van der Waals surface area contributed by atoms with E-state index in [4.69, 9.17) is 10.5 Å². The Kier molecular flexibility index (Phi) is 4.31. The van der Waals surface area contributed by atoms with Crippen LogP contribution in [0.3, 0.4) is 0 Å². The molecule has 116 valence electrons. The van der Waals surface area contributed by atoms with Crippen molar-refractivity contribution in [3.05, 3.63) is 55.8 Å². The van der Waals surface area contributed by atoms with Gasteiger partial charge in [-0.05, 0) is 54.0 Å². The average Bonchev–Trinajstić information content (AvgIpc) is 3.01. The van der Waals surface area contributed by atoms with Gasteiger partial charge in [0, 0.05) is 0 Å². The van der Waals surface area contributed by atoms with Gasteiger partial charge in [0.15, 0.2) is 0 Å². The van der Waals surface area contributed by atoms with E-state index in [-0.39, 0.29) is 16.0 Å². The van der Waals surface area contributed by atoms with Gasteiger partial charge >= 0.3 is 0 Å². The zero-order chi connectivity index (χ0) is 15.5. The third-order valence-corrected chi connectivity index (χ3v) is 5.22. The number of methoxy groups -OCH3 is 1. The highest BCUT2D eigenvalue weighted by molar-refractivity contribution is 8.14. The standard InChI is InChI=1S/C16H19N3O2S/c1-21-12-4-5-14-13(9-12)15(20)19-16(18-14)22-8-6-11(10-22)3-2-7-17/h4-6,8-10,18H,2-3,7,17H2,1H3,(H,19,20). The largest absolute Gasteiger partial charge is 0.497 e. The number of allylic oxidation sites excluding steroid dienone is 2. The maximum absolute atomic E-state index is 12.3. The predicted octanol–water partition coefficient (Wildman–Crippen LogP) is 2.82. The summed E-state index contributed by atoms with van der Waals surface area (Å²) in [5.41, 5.74) is 7.53. The van der Waals surface area contributed by atoms with Crippen molar-refractivity contribution in [2.45, 2.75) is 12.8 Å². The molecule has 1 aromatic carbocycles. The summed E-state index contributed by atoms with van der Waals surface area (Å²) < 4.78 is 5.98. The molecule has 0 saturated carbocycles. The first-order chi connectivity index (χ1) is 10.7. The van der Waals surface area contributed by atoms with Crippen LogP contribution in [0, 0.1) is 4.77 Å². The Hall–Kier alpha value is -2.05. The first-order valence-electron chi connectivity index (χ1n) is 7.15. The Morgan fingerprint density at radius 2 is 2.18 bits per heavy atom. The summed E-state index contributed by atoms with van der Waals surface area (Å²) in [6.45, 7) is 0.694. The van der Waals surface area contributed by atoms with Crippen LogP contribution in [0.25, 0.3) is 10.9 Å². The van der Waals surface area contributed by atoms with E-state index in [1.54, 1.807) is 13.2 Å². The number of nitrogens with two attached hydrogens (primary N) is 1. The maximum Gasteiger partial charge on any atom is 0.259 e. The molecule has 0 amide bonds. The quantitative estimate of drug-likeness (QED) is 0.758. The van der Waals surface area contributed by atoms with Gasteiger partial charge in [-0.2, -0.15) is 0 Å². The third-order valence-electron chi connectivity index (χ3n) is 3.56. The minimum absolute atomic E-state index is 0.104. The Bertz CT molecular complexity index is 890. The molecule has 2 aromatic rings. The van der Waals surface area contributed by atoms with Crippen molar-refractivity contribution >= 4 is 21.4 Å². The van der Waals surface area contributed by atoms with E-state index in [9.17, 15) is 4.79 Å². The molecule has 22 heavy (non-hydrogen) atoms. The number of H-pyrrole nitrogens is 2. The molecule has 5 nitrogen and oxygen atoms in total. The lowest BCUT2D eigenvalue weighted by Crippen LogP contribution is -2.08. The van der Waals surface area contributed by atoms with E-state index in [0.717, 1.165) is 23.1 Å². The Balaban J connectivity index is 2.10. The number of aromatic amines is 2. The van der Waals surface area contributed by atoms with E-state index >= 15 is 0 Å². The second-order valence-electron chi connectivity index (χ2n) is 5.08. The highest BCUT2D eigenvalue weighted by Crippen LogP contribution is 2.31. The molecule has 0 aliphatic carbocycles. The molecule has 1 aliphatic heterocycles. The first-order valence-corrected chi connectivity index (χ1v) is 8.50. The third kappa shape index (κ3) is 2.93. The van der Waals surface area contributed by atoms with Crippen molar-refractivity contribution < 1.29 is 4.74 Å². The summed E-state index contributed by atoms with van der Waals surface area (Å²) in [7, 11) is 1.37. The Morgan fingerprint density at radius 1 is 1.32 bits per heavy atom. The summed E-state index contributed by atoms with van der Waals surface area (Å²) in [6, 6.07) is 5.46. The number of benzene rings is 1. The Morgan fingerprint density at radius 3 is 2.95 bits per heavy atom. The summed E-state index contributed by atoms with van der Waals surface area (Å²) >= 11 is 0. The second-order valence-corrected chi connectivity index (χ2v) is 6.74.